The molecule has 14 heteroatoms. The van der Waals surface area contributed by atoms with Crippen LogP contribution in [0.3, 0.4) is 0 Å². The third-order valence-corrected chi connectivity index (χ3v) is 6.51. The number of anilines is 1. The first-order valence-corrected chi connectivity index (χ1v) is 13.0. The molecule has 1 aliphatic rings. The lowest BCUT2D eigenvalue weighted by molar-refractivity contribution is -0.141. The fourth-order valence-corrected chi connectivity index (χ4v) is 5.14. The van der Waals surface area contributed by atoms with Crippen molar-refractivity contribution in [3.63, 3.8) is 0 Å². The molecule has 1 aliphatic heterocycles. The van der Waals surface area contributed by atoms with Gasteiger partial charge >= 0.3 is 6.18 Å². The smallest absolute Gasteiger partial charge is 0.354 e. The average molecular weight is 506 g/mol. The fraction of sp³-hybridized carbons (Fsp3) is 0.381. The topological polar surface area (TPSA) is 117 Å². The van der Waals surface area contributed by atoms with E-state index in [9.17, 15) is 17.4 Å². The Morgan fingerprint density at radius 1 is 1.14 bits per heavy atom. The number of piperidine rings is 1. The van der Waals surface area contributed by atoms with Crippen LogP contribution in [0.15, 0.2) is 47.6 Å². The van der Waals surface area contributed by atoms with Crippen LogP contribution >= 0.6 is 0 Å². The normalized spacial score (nSPS) is 19.3. The van der Waals surface area contributed by atoms with Crippen molar-refractivity contribution in [1.82, 2.24) is 34.5 Å². The van der Waals surface area contributed by atoms with Crippen molar-refractivity contribution in [1.29, 1.82) is 0 Å². The number of halogens is 3. The maximum Gasteiger partial charge on any atom is 0.434 e. The van der Waals surface area contributed by atoms with E-state index in [-0.39, 0.29) is 23.4 Å². The predicted molar refractivity (Wildman–Crippen MR) is 123 cm³/mol. The van der Waals surface area contributed by atoms with Crippen LogP contribution < -0.4 is 4.90 Å². The highest BCUT2D eigenvalue weighted by atomic mass is 32.2. The Balaban J connectivity index is 1.52. The molecule has 0 saturated carbocycles. The van der Waals surface area contributed by atoms with Gasteiger partial charge in [-0.1, -0.05) is 0 Å². The van der Waals surface area contributed by atoms with Crippen molar-refractivity contribution in [3.8, 4) is 11.5 Å². The summed E-state index contributed by atoms with van der Waals surface area (Å²) in [7, 11) is -2.32. The van der Waals surface area contributed by atoms with E-state index in [0.29, 0.717) is 31.0 Å². The zero-order valence-corrected chi connectivity index (χ0v) is 19.7. The van der Waals surface area contributed by atoms with E-state index in [1.165, 1.54) is 10.6 Å². The molecule has 35 heavy (non-hydrogen) atoms. The number of nitrogens with one attached hydrogen (secondary N) is 1. The first-order valence-electron chi connectivity index (χ1n) is 10.7. The first-order chi connectivity index (χ1) is 16.6. The van der Waals surface area contributed by atoms with Crippen LogP contribution in [0.4, 0.5) is 19.0 Å². The van der Waals surface area contributed by atoms with E-state index in [4.69, 9.17) is 0 Å². The van der Waals surface area contributed by atoms with Gasteiger partial charge in [-0.3, -0.25) is 13.7 Å². The number of nitrogens with zero attached hydrogens (tertiary/aromatic N) is 8. The van der Waals surface area contributed by atoms with E-state index in [1.54, 1.807) is 31.0 Å². The van der Waals surface area contributed by atoms with E-state index in [1.807, 2.05) is 11.1 Å². The molecule has 5 heterocycles. The second-order valence-corrected chi connectivity index (χ2v) is 11.3. The Morgan fingerprint density at radius 2 is 1.97 bits per heavy atom. The highest BCUT2D eigenvalue weighted by molar-refractivity contribution is 7.92. The molecule has 5 rings (SSSR count). The van der Waals surface area contributed by atoms with Crippen LogP contribution in [0.5, 0.6) is 0 Å². The van der Waals surface area contributed by atoms with Gasteiger partial charge in [0.25, 0.3) is 0 Å². The first kappa shape index (κ1) is 23.2. The third-order valence-electron chi connectivity index (χ3n) is 5.70. The summed E-state index contributed by atoms with van der Waals surface area (Å²) in [5.74, 6) is 0.887. The standard InChI is InChI=1S/C21H22F3N9OS/c1-35(2,34)31-15-5-13(14-6-28-29-7-14)10-32(11-15)18-3-4-25-20(30-18)16-8-27-19-9-26-17(12-33(16)19)21(22,23)24/h3-4,6-9,12-13,15H,5,10-11H2,1-2H3,(H,28,29). The van der Waals surface area contributed by atoms with Crippen LogP contribution in [-0.2, 0) is 15.9 Å². The van der Waals surface area contributed by atoms with Crippen LogP contribution in [-0.4, -0.2) is 70.4 Å². The zero-order chi connectivity index (χ0) is 24.8. The van der Waals surface area contributed by atoms with E-state index < -0.39 is 21.6 Å². The minimum absolute atomic E-state index is 0.0765. The van der Waals surface area contributed by atoms with Gasteiger partial charge in [-0.15, -0.1) is 0 Å². The van der Waals surface area contributed by atoms with Gasteiger partial charge in [0.2, 0.25) is 0 Å². The van der Waals surface area contributed by atoms with Crippen LogP contribution in [0.2, 0.25) is 0 Å². The summed E-state index contributed by atoms with van der Waals surface area (Å²) in [6.45, 7) is 1.12. The van der Waals surface area contributed by atoms with Gasteiger partial charge in [-0.05, 0) is 18.1 Å². The monoisotopic (exact) mass is 505 g/mol. The number of fused-ring (bicyclic) bond motifs is 1. The Kier molecular flexibility index (Phi) is 5.69. The van der Waals surface area contributed by atoms with Gasteiger partial charge in [0.15, 0.2) is 17.2 Å². The van der Waals surface area contributed by atoms with Gasteiger partial charge in [-0.25, -0.2) is 24.3 Å². The van der Waals surface area contributed by atoms with Crippen molar-refractivity contribution >= 4 is 21.2 Å². The number of hydrogen-bond acceptors (Lipinski definition) is 8. The highest BCUT2D eigenvalue weighted by Crippen LogP contribution is 2.32. The molecule has 1 saturated heterocycles. The minimum atomic E-state index is -4.59. The number of alkyl halides is 3. The number of aromatic amines is 1. The molecule has 0 amide bonds. The number of rotatable bonds is 4. The minimum Gasteiger partial charge on any atom is -0.354 e. The van der Waals surface area contributed by atoms with E-state index in [0.717, 1.165) is 18.0 Å². The molecule has 0 radical (unpaired) electrons. The molecule has 0 spiro atoms. The summed E-state index contributed by atoms with van der Waals surface area (Å²) in [6.07, 6.45) is 7.85. The predicted octanol–water partition coefficient (Wildman–Crippen LogP) is 3.02. The van der Waals surface area contributed by atoms with Crippen molar-refractivity contribution in [2.24, 2.45) is 4.36 Å². The molecule has 1 N–H and O–H groups in total. The lowest BCUT2D eigenvalue weighted by Crippen LogP contribution is -2.42. The molecule has 1 fully saturated rings. The van der Waals surface area contributed by atoms with Crippen molar-refractivity contribution in [3.05, 3.63) is 54.5 Å². The van der Waals surface area contributed by atoms with Crippen LogP contribution in [0.25, 0.3) is 17.2 Å². The molecule has 0 bridgehead atoms. The van der Waals surface area contributed by atoms with Gasteiger partial charge in [0, 0.05) is 59.8 Å². The van der Waals surface area contributed by atoms with E-state index >= 15 is 0 Å². The maximum absolute atomic E-state index is 13.2. The molecule has 0 aliphatic carbocycles. The van der Waals surface area contributed by atoms with Gasteiger partial charge in [-0.2, -0.15) is 18.3 Å². The Hall–Kier alpha value is -3.55. The van der Waals surface area contributed by atoms with Gasteiger partial charge < -0.3 is 4.90 Å². The molecule has 2 atom stereocenters. The molecule has 184 valence electrons. The largest absolute Gasteiger partial charge is 0.434 e. The molecule has 2 unspecified atom stereocenters. The summed E-state index contributed by atoms with van der Waals surface area (Å²) in [6, 6.07) is 1.54. The Labute approximate surface area is 198 Å². The molecule has 0 aromatic carbocycles. The lowest BCUT2D eigenvalue weighted by Gasteiger charge is -2.36. The van der Waals surface area contributed by atoms with Gasteiger partial charge in [0.1, 0.15) is 11.5 Å². The molecule has 4 aromatic rings. The quantitative estimate of drug-likeness (QED) is 0.453. The second kappa shape index (κ2) is 8.59. The fourth-order valence-electron chi connectivity index (χ4n) is 4.27. The maximum atomic E-state index is 13.2. The molecule has 10 nitrogen and oxygen atoms in total. The molecule has 4 aromatic heterocycles. The summed E-state index contributed by atoms with van der Waals surface area (Å²) < 4.78 is 57.8. The second-order valence-electron chi connectivity index (χ2n) is 8.69. The van der Waals surface area contributed by atoms with Crippen molar-refractivity contribution < 1.29 is 17.4 Å². The van der Waals surface area contributed by atoms with Crippen molar-refractivity contribution in [2.45, 2.75) is 24.6 Å². The number of imidazole rings is 1. The summed E-state index contributed by atoms with van der Waals surface area (Å²) >= 11 is 0. The highest BCUT2D eigenvalue weighted by Gasteiger charge is 2.33. The average Bonchev–Trinajstić information content (AvgIpc) is 3.47. The van der Waals surface area contributed by atoms with Crippen LogP contribution in [0, 0.1) is 0 Å². The van der Waals surface area contributed by atoms with E-state index in [2.05, 4.69) is 34.5 Å². The Bertz CT molecular complexity index is 1470. The number of H-pyrrole nitrogens is 1. The van der Waals surface area contributed by atoms with Crippen LogP contribution in [0.1, 0.15) is 23.6 Å². The summed E-state index contributed by atoms with van der Waals surface area (Å²) in [5, 5.41) is 6.87. The summed E-state index contributed by atoms with van der Waals surface area (Å²) in [5.41, 5.74) is 0.535. The van der Waals surface area contributed by atoms with Gasteiger partial charge in [0.05, 0.1) is 24.6 Å². The SMILES string of the molecule is CS(C)(=O)=NC1CC(c2cn[nH]c2)CN(c2ccnc(-c3cnc4cnc(C(F)(F)F)cn34)n2)C1. The third kappa shape index (κ3) is 4.97. The molecular formula is C21H22F3N9OS. The lowest BCUT2D eigenvalue weighted by atomic mass is 9.90. The summed E-state index contributed by atoms with van der Waals surface area (Å²) in [4.78, 5) is 18.5. The molecular weight excluding hydrogens is 483 g/mol. The van der Waals surface area contributed by atoms with Crippen molar-refractivity contribution in [2.75, 3.05) is 30.5 Å². The zero-order valence-electron chi connectivity index (χ0n) is 18.8. The number of hydrogen-bond donors (Lipinski definition) is 1. The Morgan fingerprint density at radius 3 is 2.69 bits per heavy atom. The number of aromatic nitrogens is 7.